The van der Waals surface area contributed by atoms with Gasteiger partial charge >= 0.3 is 0 Å². The monoisotopic (exact) mass is 284 g/mol. The Balaban J connectivity index is 2.00. The van der Waals surface area contributed by atoms with Gasteiger partial charge in [-0.1, -0.05) is 0 Å². The van der Waals surface area contributed by atoms with E-state index in [4.69, 9.17) is 0 Å². The van der Waals surface area contributed by atoms with E-state index >= 15 is 0 Å². The Kier molecular flexibility index (Phi) is 3.39. The van der Waals surface area contributed by atoms with Crippen LogP contribution in [0.25, 0.3) is 22.0 Å². The molecule has 20 heavy (non-hydrogen) atoms. The summed E-state index contributed by atoms with van der Waals surface area (Å²) in [5.41, 5.74) is 2.54. The second-order valence-corrected chi connectivity index (χ2v) is 5.00. The van der Waals surface area contributed by atoms with E-state index in [0.717, 1.165) is 22.0 Å². The topological polar surface area (TPSA) is 60.7 Å². The molecule has 100 valence electrons. The zero-order valence-corrected chi connectivity index (χ0v) is 11.7. The molecule has 3 rings (SSSR count). The van der Waals surface area contributed by atoms with Gasteiger partial charge in [0.15, 0.2) is 0 Å². The predicted octanol–water partition coefficient (Wildman–Crippen LogP) is 2.45. The Morgan fingerprint density at radius 2 is 1.95 bits per heavy atom. The van der Waals surface area contributed by atoms with Crippen LogP contribution in [0.2, 0.25) is 0 Å². The summed E-state index contributed by atoms with van der Waals surface area (Å²) in [6.45, 7) is 2.44. The van der Waals surface area contributed by atoms with Crippen LogP contribution in [-0.2, 0) is 6.54 Å². The number of aromatic nitrogens is 4. The lowest BCUT2D eigenvalue weighted by atomic mass is 10.2. The van der Waals surface area contributed by atoms with E-state index in [1.807, 2.05) is 24.4 Å². The van der Waals surface area contributed by atoms with E-state index in [1.165, 1.54) is 22.1 Å². The SMILES string of the molecule is CCn1nc(-c2nc(-c3ccncc3)cs2)ccc1=O. The lowest BCUT2D eigenvalue weighted by Gasteiger charge is -2.01. The zero-order chi connectivity index (χ0) is 13.9. The Morgan fingerprint density at radius 1 is 1.15 bits per heavy atom. The highest BCUT2D eigenvalue weighted by atomic mass is 32.1. The van der Waals surface area contributed by atoms with Crippen molar-refractivity contribution in [1.29, 1.82) is 0 Å². The molecule has 0 bridgehead atoms. The van der Waals surface area contributed by atoms with Crippen LogP contribution in [0.15, 0.2) is 46.8 Å². The maximum atomic E-state index is 11.5. The molecular formula is C14H12N4OS. The third-order valence-corrected chi connectivity index (χ3v) is 3.73. The summed E-state index contributed by atoms with van der Waals surface area (Å²) in [6.07, 6.45) is 3.48. The molecule has 0 saturated heterocycles. The molecular weight excluding hydrogens is 272 g/mol. The van der Waals surface area contributed by atoms with Gasteiger partial charge in [-0.3, -0.25) is 9.78 Å². The van der Waals surface area contributed by atoms with Crippen molar-refractivity contribution in [2.24, 2.45) is 0 Å². The molecule has 0 radical (unpaired) electrons. The van der Waals surface area contributed by atoms with E-state index in [9.17, 15) is 4.79 Å². The lowest BCUT2D eigenvalue weighted by Crippen LogP contribution is -2.20. The molecule has 3 heterocycles. The van der Waals surface area contributed by atoms with Gasteiger partial charge in [-0.05, 0) is 25.1 Å². The molecule has 0 N–H and O–H groups in total. The maximum absolute atomic E-state index is 11.5. The first-order valence-electron chi connectivity index (χ1n) is 6.22. The molecule has 0 spiro atoms. The number of aryl methyl sites for hydroxylation is 1. The van der Waals surface area contributed by atoms with Crippen LogP contribution >= 0.6 is 11.3 Å². The van der Waals surface area contributed by atoms with Crippen molar-refractivity contribution in [2.45, 2.75) is 13.5 Å². The number of nitrogens with zero attached hydrogens (tertiary/aromatic N) is 4. The summed E-state index contributed by atoms with van der Waals surface area (Å²) in [4.78, 5) is 20.1. The normalized spacial score (nSPS) is 10.7. The lowest BCUT2D eigenvalue weighted by molar-refractivity contribution is 0.619. The van der Waals surface area contributed by atoms with Crippen LogP contribution in [0.1, 0.15) is 6.92 Å². The predicted molar refractivity (Wildman–Crippen MR) is 78.5 cm³/mol. The highest BCUT2D eigenvalue weighted by Crippen LogP contribution is 2.26. The average Bonchev–Trinajstić information content (AvgIpc) is 2.98. The Hall–Kier alpha value is -2.34. The van der Waals surface area contributed by atoms with Crippen molar-refractivity contribution >= 4 is 11.3 Å². The number of thiazole rings is 1. The average molecular weight is 284 g/mol. The molecule has 3 aromatic rings. The fourth-order valence-electron chi connectivity index (χ4n) is 1.84. The molecule has 5 nitrogen and oxygen atoms in total. The Bertz CT molecular complexity index is 779. The van der Waals surface area contributed by atoms with Crippen LogP contribution in [0.5, 0.6) is 0 Å². The summed E-state index contributed by atoms with van der Waals surface area (Å²) in [5.74, 6) is 0. The van der Waals surface area contributed by atoms with Crippen LogP contribution in [0, 0.1) is 0 Å². The second kappa shape index (κ2) is 5.34. The number of rotatable bonds is 3. The summed E-state index contributed by atoms with van der Waals surface area (Å²) >= 11 is 1.51. The van der Waals surface area contributed by atoms with Gasteiger partial charge in [0.25, 0.3) is 5.56 Å². The van der Waals surface area contributed by atoms with Gasteiger partial charge in [0.2, 0.25) is 0 Å². The van der Waals surface area contributed by atoms with Gasteiger partial charge in [0.05, 0.1) is 5.69 Å². The molecule has 0 unspecified atom stereocenters. The van der Waals surface area contributed by atoms with Crippen molar-refractivity contribution in [3.05, 3.63) is 52.4 Å². The smallest absolute Gasteiger partial charge is 0.266 e. The highest BCUT2D eigenvalue weighted by Gasteiger charge is 2.09. The van der Waals surface area contributed by atoms with Gasteiger partial charge in [0.1, 0.15) is 10.7 Å². The fraction of sp³-hybridized carbons (Fsp3) is 0.143. The van der Waals surface area contributed by atoms with Gasteiger partial charge < -0.3 is 0 Å². The largest absolute Gasteiger partial charge is 0.268 e. The summed E-state index contributed by atoms with van der Waals surface area (Å²) in [7, 11) is 0. The van der Waals surface area contributed by atoms with Crippen LogP contribution in [0.3, 0.4) is 0 Å². The molecule has 0 aromatic carbocycles. The molecule has 0 saturated carbocycles. The van der Waals surface area contributed by atoms with Gasteiger partial charge in [0, 0.05) is 35.9 Å². The maximum Gasteiger partial charge on any atom is 0.266 e. The van der Waals surface area contributed by atoms with Crippen molar-refractivity contribution in [2.75, 3.05) is 0 Å². The highest BCUT2D eigenvalue weighted by molar-refractivity contribution is 7.13. The molecule has 6 heteroatoms. The number of hydrogen-bond donors (Lipinski definition) is 0. The fourth-order valence-corrected chi connectivity index (χ4v) is 2.63. The number of pyridine rings is 1. The minimum Gasteiger partial charge on any atom is -0.268 e. The van der Waals surface area contributed by atoms with Crippen molar-refractivity contribution in [3.8, 4) is 22.0 Å². The molecule has 0 fully saturated rings. The Labute approximate surface area is 119 Å². The van der Waals surface area contributed by atoms with Crippen molar-refractivity contribution in [3.63, 3.8) is 0 Å². The molecule has 3 aromatic heterocycles. The van der Waals surface area contributed by atoms with Crippen molar-refractivity contribution in [1.82, 2.24) is 19.7 Å². The first kappa shape index (κ1) is 12.7. The summed E-state index contributed by atoms with van der Waals surface area (Å²) in [6, 6.07) is 7.07. The first-order chi connectivity index (χ1) is 9.78. The standard InChI is InChI=1S/C14H12N4OS/c1-2-18-13(19)4-3-11(17-18)14-16-12(9-20-14)10-5-7-15-8-6-10/h3-9H,2H2,1H3. The quantitative estimate of drug-likeness (QED) is 0.741. The third kappa shape index (κ3) is 2.37. The van der Waals surface area contributed by atoms with Crippen LogP contribution in [-0.4, -0.2) is 19.7 Å². The number of hydrogen-bond acceptors (Lipinski definition) is 5. The van der Waals surface area contributed by atoms with Crippen molar-refractivity contribution < 1.29 is 0 Å². The van der Waals surface area contributed by atoms with Gasteiger partial charge in [-0.25, -0.2) is 9.67 Å². The minimum absolute atomic E-state index is 0.0952. The Morgan fingerprint density at radius 3 is 2.70 bits per heavy atom. The van der Waals surface area contributed by atoms with E-state index in [-0.39, 0.29) is 5.56 Å². The summed E-state index contributed by atoms with van der Waals surface area (Å²) < 4.78 is 1.43. The van der Waals surface area contributed by atoms with Crippen LogP contribution < -0.4 is 5.56 Å². The van der Waals surface area contributed by atoms with Gasteiger partial charge in [-0.15, -0.1) is 11.3 Å². The molecule has 0 aliphatic rings. The minimum atomic E-state index is -0.0952. The third-order valence-electron chi connectivity index (χ3n) is 2.87. The first-order valence-corrected chi connectivity index (χ1v) is 7.10. The molecule has 0 aliphatic heterocycles. The van der Waals surface area contributed by atoms with E-state index < -0.39 is 0 Å². The van der Waals surface area contributed by atoms with E-state index in [1.54, 1.807) is 18.5 Å². The molecule has 0 atom stereocenters. The molecule has 0 aliphatic carbocycles. The van der Waals surface area contributed by atoms with E-state index in [2.05, 4.69) is 15.1 Å². The van der Waals surface area contributed by atoms with Gasteiger partial charge in [-0.2, -0.15) is 5.10 Å². The molecule has 0 amide bonds. The van der Waals surface area contributed by atoms with E-state index in [0.29, 0.717) is 6.54 Å². The summed E-state index contributed by atoms with van der Waals surface area (Å²) in [5, 5.41) is 7.09. The zero-order valence-electron chi connectivity index (χ0n) is 10.9. The second-order valence-electron chi connectivity index (χ2n) is 4.15. The van der Waals surface area contributed by atoms with Crippen LogP contribution in [0.4, 0.5) is 0 Å².